The molecule has 2 aromatic heterocycles. The summed E-state index contributed by atoms with van der Waals surface area (Å²) in [5.74, 6) is -23.2. The number of aromatic nitrogens is 4. The first kappa shape index (κ1) is 105. The Balaban J connectivity index is 2.06. The van der Waals surface area contributed by atoms with Crippen molar-refractivity contribution >= 4 is 119 Å². The largest absolute Gasteiger partial charge is 0.508 e. The Kier molecular flexibility index (Phi) is 49.0. The molecule has 12 amide bonds. The smallest absolute Gasteiger partial charge is 0.317 e. The molecule has 0 spiro atoms. The third-order valence-corrected chi connectivity index (χ3v) is 18.2. The molecule has 0 aliphatic heterocycles. The minimum Gasteiger partial charge on any atom is -0.508 e. The number of primary amides is 1. The molecule has 3 rings (SSSR count). The van der Waals surface area contributed by atoms with Crippen LogP contribution in [0.5, 0.6) is 5.75 Å². The Morgan fingerprint density at radius 1 is 0.371 bits per heavy atom. The number of benzene rings is 1. The molecule has 3 aromatic rings. The fourth-order valence-corrected chi connectivity index (χ4v) is 12.0. The molecule has 0 fully saturated rings. The number of hydrogen-bond acceptors (Lipinski definition) is 29. The van der Waals surface area contributed by atoms with Crippen LogP contribution in [-0.4, -0.2) is 400 Å². The number of nitrogens with zero attached hydrogens (tertiary/aromatic N) is 9. The fourth-order valence-electron chi connectivity index (χ4n) is 12.0. The maximum absolute atomic E-state index is 15.1. The van der Waals surface area contributed by atoms with Crippen LogP contribution in [0.4, 0.5) is 0 Å². The maximum Gasteiger partial charge on any atom is 0.317 e. The van der Waals surface area contributed by atoms with E-state index in [0.29, 0.717) is 12.8 Å². The minimum absolute atomic E-state index is 0.00505. The van der Waals surface area contributed by atoms with E-state index in [1.165, 1.54) is 36.9 Å². The van der Waals surface area contributed by atoms with E-state index in [9.17, 15) is 123 Å². The SMILES string of the molecule is C[C@H](C(=O)N[C@H](CCCCNC(=O)CNC(=O)CCC(=O)NCCc1cnc[nH]1)C(=O)N[C@H](Cc1ccc(O)cc1)C(=O)N[C@H](CCCCNC(=O)CNC(=O)CCC(=O)NCCc1cnc[nH]1)C(N)=O)N(C(=O)CN(CCN(CCN(CC(=O)O)CC(=O)O)CC(=O)O)CC(=O)O)C(=O)CN(CCN(CCN(CC(=O)O)CC(=O)O)CC(=O)O)CC(=O)O. The Morgan fingerprint density at radius 2 is 0.677 bits per heavy atom. The number of nitrogens with one attached hydrogen (secondary N) is 11. The number of carboxylic acids is 8. The molecule has 124 heavy (non-hydrogen) atoms. The van der Waals surface area contributed by atoms with Gasteiger partial charge in [0.05, 0.1) is 91.2 Å². The van der Waals surface area contributed by atoms with E-state index >= 15 is 19.2 Å². The second-order valence-electron chi connectivity index (χ2n) is 28.4. The highest BCUT2D eigenvalue weighted by Crippen LogP contribution is 2.15. The van der Waals surface area contributed by atoms with Gasteiger partial charge in [-0.15, -0.1) is 0 Å². The molecule has 0 aliphatic rings. The molecule has 0 unspecified atom stereocenters. The van der Waals surface area contributed by atoms with Crippen molar-refractivity contribution in [3.8, 4) is 5.75 Å². The summed E-state index contributed by atoms with van der Waals surface area (Å²) < 4.78 is 0. The summed E-state index contributed by atoms with van der Waals surface area (Å²) in [5.41, 5.74) is 7.61. The highest BCUT2D eigenvalue weighted by Gasteiger charge is 2.37. The van der Waals surface area contributed by atoms with E-state index in [4.69, 9.17) is 5.73 Å². The van der Waals surface area contributed by atoms with Gasteiger partial charge in [-0.2, -0.15) is 0 Å². The molecular weight excluding hydrogens is 1650 g/mol. The van der Waals surface area contributed by atoms with Gasteiger partial charge in [0, 0.05) is 147 Å². The lowest BCUT2D eigenvalue weighted by molar-refractivity contribution is -0.154. The molecule has 1 aromatic carbocycles. The molecule has 2 heterocycles. The Bertz CT molecular complexity index is 3910. The number of nitrogens with two attached hydrogens (primary N) is 1. The van der Waals surface area contributed by atoms with Crippen molar-refractivity contribution in [2.45, 2.75) is 115 Å². The van der Waals surface area contributed by atoms with Crippen molar-refractivity contribution < 1.29 is 142 Å². The normalized spacial score (nSPS) is 12.1. The van der Waals surface area contributed by atoms with E-state index < -0.39 is 260 Å². The first-order valence-corrected chi connectivity index (χ1v) is 39.2. The third-order valence-electron chi connectivity index (χ3n) is 18.2. The van der Waals surface area contributed by atoms with Gasteiger partial charge in [0.15, 0.2) is 0 Å². The number of hydrogen-bond donors (Lipinski definition) is 21. The van der Waals surface area contributed by atoms with Gasteiger partial charge in [0.2, 0.25) is 70.9 Å². The number of carbonyl (C=O) groups is 20. The van der Waals surface area contributed by atoms with Crippen LogP contribution in [-0.2, 0) is 115 Å². The molecule has 0 bridgehead atoms. The summed E-state index contributed by atoms with van der Waals surface area (Å²) in [6.07, 6.45) is 5.27. The predicted octanol–water partition coefficient (Wildman–Crippen LogP) is -8.36. The maximum atomic E-state index is 15.1. The number of unbranched alkanes of at least 4 members (excludes halogenated alkanes) is 2. The molecule has 0 saturated heterocycles. The molecule has 50 heteroatoms. The van der Waals surface area contributed by atoms with Crippen molar-refractivity contribution in [3.63, 3.8) is 0 Å². The first-order chi connectivity index (χ1) is 58.7. The Morgan fingerprint density at radius 3 is 1.02 bits per heavy atom. The standard InChI is InChI=1S/C74H111N21O29/c1-47(95(61(103)35-91(39-65(109)110)26-22-89(37-63(105)106)24-28-93(41-67(113)114)42-68(115)116)62(104)36-92(40-66(111)112)27-23-90(38-64(107)108)25-29-94(43-69(117)118)44-70(119)120)72(122)87-53(7-3-5-19-79-60(102)34-83-58(100)15-13-56(98)81-21-17-50-32-77-46-85-50)73(123)88-54(30-48-8-10-51(96)11-9-48)74(124)86-52(71(75)121)6-2-4-18-78-59(101)33-82-57(99)14-12-55(97)80-20-16-49-31-76-45-84-49/h8-11,31-32,45-47,52-54,96H,2-7,12-30,33-44H2,1H3,(H2,75,121)(H,76,84)(H,77,85)(H,78,101)(H,79,102)(H,80,97)(H,81,98)(H,82,99)(H,83,100)(H,86,124)(H,87,122)(H,88,123)(H,105,106)(H,107,108)(H,109,110)(H,111,112)(H,113,114)(H,115,116)(H,117,118)(H,119,120)/t47-,52-,53-,54-/m1/s1. The first-order valence-electron chi connectivity index (χ1n) is 39.2. The summed E-state index contributed by atoms with van der Waals surface area (Å²) in [5, 5.41) is 111. The number of imidazole rings is 2. The van der Waals surface area contributed by atoms with Gasteiger partial charge in [-0.25, -0.2) is 9.97 Å². The van der Waals surface area contributed by atoms with Crippen LogP contribution in [0.1, 0.15) is 88.1 Å². The lowest BCUT2D eigenvalue weighted by Crippen LogP contribution is -2.60. The van der Waals surface area contributed by atoms with Crippen molar-refractivity contribution in [2.75, 3.05) is 157 Å². The monoisotopic (exact) mass is 1760 g/mol. The number of aromatic amines is 2. The number of phenols is 1. The predicted molar refractivity (Wildman–Crippen MR) is 427 cm³/mol. The van der Waals surface area contributed by atoms with Crippen LogP contribution in [0.3, 0.4) is 0 Å². The average molecular weight is 1760 g/mol. The van der Waals surface area contributed by atoms with Gasteiger partial charge < -0.3 is 110 Å². The number of carbonyl (C=O) groups excluding carboxylic acids is 12. The Labute approximate surface area is 709 Å². The number of imide groups is 1. The molecule has 0 radical (unpaired) electrons. The van der Waals surface area contributed by atoms with E-state index in [1.807, 2.05) is 0 Å². The number of amides is 12. The van der Waals surface area contributed by atoms with Crippen molar-refractivity contribution in [3.05, 3.63) is 66.3 Å². The number of carboxylic acid groups (broad SMARTS) is 8. The van der Waals surface area contributed by atoms with Gasteiger partial charge >= 0.3 is 47.8 Å². The van der Waals surface area contributed by atoms with Crippen LogP contribution in [0.2, 0.25) is 0 Å². The summed E-state index contributed by atoms with van der Waals surface area (Å²) in [4.78, 5) is 279. The number of H-pyrrole nitrogens is 2. The Hall–Kier alpha value is -13.2. The van der Waals surface area contributed by atoms with Gasteiger partial charge in [0.1, 0.15) is 29.9 Å². The van der Waals surface area contributed by atoms with Crippen molar-refractivity contribution in [1.82, 2.24) is 102 Å². The van der Waals surface area contributed by atoms with Crippen LogP contribution < -0.4 is 53.6 Å². The lowest BCUT2D eigenvalue weighted by Gasteiger charge is -2.33. The third kappa shape index (κ3) is 47.7. The molecule has 22 N–H and O–H groups in total. The second-order valence-corrected chi connectivity index (χ2v) is 28.4. The second kappa shape index (κ2) is 57.9. The molecule has 50 nitrogen and oxygen atoms in total. The summed E-state index contributed by atoms with van der Waals surface area (Å²) in [7, 11) is 0. The van der Waals surface area contributed by atoms with E-state index in [1.54, 1.807) is 12.4 Å². The molecule has 686 valence electrons. The number of aliphatic carboxylic acids is 8. The lowest BCUT2D eigenvalue weighted by atomic mass is 10.0. The van der Waals surface area contributed by atoms with Crippen LogP contribution in [0.25, 0.3) is 0 Å². The van der Waals surface area contributed by atoms with E-state index in [0.717, 1.165) is 47.7 Å². The molecular formula is C74H111N21O29. The zero-order chi connectivity index (χ0) is 92.2. The topological polar surface area (TPSA) is 738 Å². The van der Waals surface area contributed by atoms with Crippen molar-refractivity contribution in [1.29, 1.82) is 0 Å². The van der Waals surface area contributed by atoms with Gasteiger partial charge in [-0.3, -0.25) is 130 Å². The molecule has 0 aliphatic carbocycles. The highest BCUT2D eigenvalue weighted by atomic mass is 16.4. The average Bonchev–Trinajstić information content (AvgIpc) is 1.65. The van der Waals surface area contributed by atoms with Crippen LogP contribution >= 0.6 is 0 Å². The summed E-state index contributed by atoms with van der Waals surface area (Å²) >= 11 is 0. The summed E-state index contributed by atoms with van der Waals surface area (Å²) in [6.45, 7) is -12.7. The zero-order valence-electron chi connectivity index (χ0n) is 68.4. The number of phenolic OH excluding ortho intramolecular Hbond substituents is 1. The highest BCUT2D eigenvalue weighted by molar-refractivity contribution is 6.03. The van der Waals surface area contributed by atoms with Gasteiger partial charge in [-0.05, 0) is 63.1 Å². The zero-order valence-corrected chi connectivity index (χ0v) is 68.4. The number of rotatable bonds is 68. The quantitative estimate of drug-likeness (QED) is 0.0233. The van der Waals surface area contributed by atoms with Gasteiger partial charge in [0.25, 0.3) is 0 Å². The fraction of sp³-hybridized carbons (Fsp3) is 0.568. The number of aromatic hydroxyl groups is 1. The van der Waals surface area contributed by atoms with Gasteiger partial charge in [-0.1, -0.05) is 12.1 Å². The minimum atomic E-state index is -2.15. The van der Waals surface area contributed by atoms with Crippen LogP contribution in [0.15, 0.2) is 49.3 Å². The molecule has 0 saturated carbocycles. The summed E-state index contributed by atoms with van der Waals surface area (Å²) in [6, 6.07) is -1.98. The molecule has 4 atom stereocenters. The van der Waals surface area contributed by atoms with E-state index in [2.05, 4.69) is 67.8 Å². The van der Waals surface area contributed by atoms with Crippen LogP contribution in [0, 0.1) is 0 Å². The van der Waals surface area contributed by atoms with E-state index in [-0.39, 0.29) is 126 Å². The van der Waals surface area contributed by atoms with Crippen molar-refractivity contribution in [2.24, 2.45) is 5.73 Å².